The highest BCUT2D eigenvalue weighted by Gasteiger charge is 2.38. The van der Waals surface area contributed by atoms with Gasteiger partial charge in [-0.15, -0.1) is 0 Å². The standard InChI is InChI=1S/C28H34N4O3S/c1-2-3-14-36(33,34)32-26-9-8-25(35-24-10-12-31-13-11-24)17-23(26)18-27(32)20-6-4-19-5-7-21(28(29)30)16-22(19)15-20/h4-9,15-17,24,27,31H,2-3,10-14,18H2,1H3,(H3,29,30). The van der Waals surface area contributed by atoms with Crippen molar-refractivity contribution < 1.29 is 13.2 Å². The fourth-order valence-electron chi connectivity index (χ4n) is 5.24. The zero-order valence-corrected chi connectivity index (χ0v) is 21.5. The van der Waals surface area contributed by atoms with Crippen molar-refractivity contribution in [2.75, 3.05) is 23.1 Å². The highest BCUT2D eigenvalue weighted by molar-refractivity contribution is 7.92. The van der Waals surface area contributed by atoms with Crippen molar-refractivity contribution in [2.45, 2.75) is 51.2 Å². The summed E-state index contributed by atoms with van der Waals surface area (Å²) in [7, 11) is -3.52. The minimum atomic E-state index is -3.52. The van der Waals surface area contributed by atoms with Gasteiger partial charge < -0.3 is 15.8 Å². The normalized spacial score (nSPS) is 18.4. The molecule has 0 aliphatic carbocycles. The second-order valence-electron chi connectivity index (χ2n) is 9.78. The number of hydrogen-bond acceptors (Lipinski definition) is 5. The highest BCUT2D eigenvalue weighted by atomic mass is 32.2. The Morgan fingerprint density at radius 3 is 2.61 bits per heavy atom. The van der Waals surface area contributed by atoms with Crippen LogP contribution < -0.4 is 20.1 Å². The van der Waals surface area contributed by atoms with Gasteiger partial charge in [-0.05, 0) is 84.6 Å². The van der Waals surface area contributed by atoms with E-state index in [0.717, 1.165) is 65.7 Å². The molecule has 2 heterocycles. The molecule has 190 valence electrons. The lowest BCUT2D eigenvalue weighted by Crippen LogP contribution is -2.34. The maximum Gasteiger partial charge on any atom is 0.235 e. The summed E-state index contributed by atoms with van der Waals surface area (Å²) in [6.45, 7) is 3.91. The van der Waals surface area contributed by atoms with Gasteiger partial charge in [0.2, 0.25) is 10.0 Å². The number of unbranched alkanes of at least 4 members (excludes halogenated alkanes) is 1. The van der Waals surface area contributed by atoms with E-state index in [1.54, 1.807) is 4.31 Å². The zero-order valence-electron chi connectivity index (χ0n) is 20.7. The third-order valence-electron chi connectivity index (χ3n) is 7.19. The summed E-state index contributed by atoms with van der Waals surface area (Å²) in [5.74, 6) is 0.937. The van der Waals surface area contributed by atoms with Crippen LogP contribution in [-0.2, 0) is 16.4 Å². The Bertz CT molecular complexity index is 1380. The summed E-state index contributed by atoms with van der Waals surface area (Å²) in [5.41, 5.74) is 9.03. The van der Waals surface area contributed by atoms with E-state index in [-0.39, 0.29) is 23.7 Å². The minimum Gasteiger partial charge on any atom is -0.490 e. The lowest BCUT2D eigenvalue weighted by atomic mass is 9.98. The number of sulfonamides is 1. The molecule has 7 nitrogen and oxygen atoms in total. The number of piperidine rings is 1. The first kappa shape index (κ1) is 24.6. The number of nitrogens with zero attached hydrogens (tertiary/aromatic N) is 1. The van der Waals surface area contributed by atoms with Gasteiger partial charge in [0, 0.05) is 12.0 Å². The Balaban J connectivity index is 1.52. The van der Waals surface area contributed by atoms with Crippen LogP contribution in [0, 0.1) is 5.41 Å². The van der Waals surface area contributed by atoms with Gasteiger partial charge in [-0.25, -0.2) is 8.42 Å². The van der Waals surface area contributed by atoms with E-state index in [1.807, 2.05) is 61.5 Å². The summed E-state index contributed by atoms with van der Waals surface area (Å²) in [6.07, 6.45) is 4.14. The second-order valence-corrected chi connectivity index (χ2v) is 11.7. The average molecular weight is 507 g/mol. The summed E-state index contributed by atoms with van der Waals surface area (Å²) >= 11 is 0. The third-order valence-corrected chi connectivity index (χ3v) is 9.04. The number of nitrogens with two attached hydrogens (primary N) is 1. The van der Waals surface area contributed by atoms with E-state index >= 15 is 0 Å². The minimum absolute atomic E-state index is 0.0145. The van der Waals surface area contributed by atoms with Gasteiger partial charge in [-0.2, -0.15) is 0 Å². The van der Waals surface area contributed by atoms with E-state index in [1.165, 1.54) is 0 Å². The van der Waals surface area contributed by atoms with Crippen molar-refractivity contribution in [1.29, 1.82) is 5.41 Å². The van der Waals surface area contributed by atoms with Crippen molar-refractivity contribution in [1.82, 2.24) is 5.32 Å². The van der Waals surface area contributed by atoms with Crippen molar-refractivity contribution in [3.05, 3.63) is 71.3 Å². The largest absolute Gasteiger partial charge is 0.490 e. The SMILES string of the molecule is CCCCS(=O)(=O)N1c2ccc(OC3CCNCC3)cc2CC1c1ccc2ccc(C(=N)N)cc2c1. The van der Waals surface area contributed by atoms with Gasteiger partial charge in [0.25, 0.3) is 0 Å². The maximum atomic E-state index is 13.6. The van der Waals surface area contributed by atoms with E-state index in [9.17, 15) is 8.42 Å². The molecule has 0 amide bonds. The van der Waals surface area contributed by atoms with Crippen LogP contribution in [0.1, 0.15) is 55.3 Å². The molecular weight excluding hydrogens is 472 g/mol. The number of fused-ring (bicyclic) bond motifs is 2. The highest BCUT2D eigenvalue weighted by Crippen LogP contribution is 2.44. The predicted octanol–water partition coefficient (Wildman–Crippen LogP) is 4.49. The Kier molecular flexibility index (Phi) is 6.90. The molecule has 0 radical (unpaired) electrons. The summed E-state index contributed by atoms with van der Waals surface area (Å²) < 4.78 is 35.1. The zero-order chi connectivity index (χ0) is 25.3. The van der Waals surface area contributed by atoms with Crippen LogP contribution in [0.5, 0.6) is 5.75 Å². The predicted molar refractivity (Wildman–Crippen MR) is 146 cm³/mol. The van der Waals surface area contributed by atoms with Crippen molar-refractivity contribution in [2.24, 2.45) is 5.73 Å². The third kappa shape index (κ3) is 4.92. The maximum absolute atomic E-state index is 13.6. The first-order valence-corrected chi connectivity index (χ1v) is 14.4. The number of nitrogen functional groups attached to an aromatic ring is 1. The molecular formula is C28H34N4O3S. The van der Waals surface area contributed by atoms with Crippen LogP contribution in [0.25, 0.3) is 10.8 Å². The van der Waals surface area contributed by atoms with E-state index in [4.69, 9.17) is 15.9 Å². The molecule has 5 rings (SSSR count). The van der Waals surface area contributed by atoms with E-state index in [0.29, 0.717) is 18.4 Å². The Morgan fingerprint density at radius 2 is 1.86 bits per heavy atom. The van der Waals surface area contributed by atoms with Gasteiger partial charge in [0.15, 0.2) is 0 Å². The number of rotatable bonds is 8. The smallest absolute Gasteiger partial charge is 0.235 e. The van der Waals surface area contributed by atoms with Crippen molar-refractivity contribution in [3.63, 3.8) is 0 Å². The van der Waals surface area contributed by atoms with Gasteiger partial charge in [-0.3, -0.25) is 9.71 Å². The average Bonchev–Trinajstić information content (AvgIpc) is 3.27. The Hall–Kier alpha value is -3.10. The Morgan fingerprint density at radius 1 is 1.08 bits per heavy atom. The fraction of sp³-hybridized carbons (Fsp3) is 0.393. The van der Waals surface area contributed by atoms with Gasteiger partial charge in [0.1, 0.15) is 17.7 Å². The molecule has 0 aromatic heterocycles. The fourth-order valence-corrected chi connectivity index (χ4v) is 7.15. The molecule has 3 aromatic carbocycles. The first-order valence-electron chi connectivity index (χ1n) is 12.8. The lowest BCUT2D eigenvalue weighted by molar-refractivity contribution is 0.162. The lowest BCUT2D eigenvalue weighted by Gasteiger charge is -2.28. The molecule has 1 atom stereocenters. The van der Waals surface area contributed by atoms with Gasteiger partial charge >= 0.3 is 0 Å². The van der Waals surface area contributed by atoms with E-state index in [2.05, 4.69) is 5.32 Å². The van der Waals surface area contributed by atoms with Gasteiger partial charge in [0.05, 0.1) is 17.5 Å². The number of amidine groups is 1. The monoisotopic (exact) mass is 506 g/mol. The molecule has 4 N–H and O–H groups in total. The molecule has 8 heteroatoms. The molecule has 1 saturated heterocycles. The molecule has 0 saturated carbocycles. The number of nitrogens with one attached hydrogen (secondary N) is 2. The van der Waals surface area contributed by atoms with Crippen LogP contribution in [0.15, 0.2) is 54.6 Å². The number of ether oxygens (including phenoxy) is 1. The molecule has 2 aliphatic rings. The second kappa shape index (κ2) is 10.1. The Labute approximate surface area is 213 Å². The number of anilines is 1. The molecule has 36 heavy (non-hydrogen) atoms. The molecule has 0 bridgehead atoms. The van der Waals surface area contributed by atoms with Gasteiger partial charge in [-0.1, -0.05) is 37.6 Å². The first-order chi connectivity index (χ1) is 17.4. The molecule has 3 aromatic rings. The molecule has 1 unspecified atom stereocenters. The summed E-state index contributed by atoms with van der Waals surface area (Å²) in [4.78, 5) is 0. The van der Waals surface area contributed by atoms with E-state index < -0.39 is 10.0 Å². The number of hydrogen-bond donors (Lipinski definition) is 3. The van der Waals surface area contributed by atoms with Crippen LogP contribution in [-0.4, -0.2) is 39.2 Å². The van der Waals surface area contributed by atoms with Crippen LogP contribution in [0.3, 0.4) is 0 Å². The van der Waals surface area contributed by atoms with Crippen LogP contribution >= 0.6 is 0 Å². The van der Waals surface area contributed by atoms with Crippen molar-refractivity contribution >= 4 is 32.3 Å². The number of benzene rings is 3. The summed E-state index contributed by atoms with van der Waals surface area (Å²) in [5, 5.41) is 13.1. The molecule has 1 fully saturated rings. The van der Waals surface area contributed by atoms with Crippen LogP contribution in [0.2, 0.25) is 0 Å². The molecule has 0 spiro atoms. The van der Waals surface area contributed by atoms with Crippen LogP contribution in [0.4, 0.5) is 5.69 Å². The molecule has 2 aliphatic heterocycles. The topological polar surface area (TPSA) is 109 Å². The van der Waals surface area contributed by atoms with Crippen molar-refractivity contribution in [3.8, 4) is 5.75 Å². The summed E-state index contributed by atoms with van der Waals surface area (Å²) in [6, 6.07) is 17.2. The quantitative estimate of drug-likeness (QED) is 0.308.